The Labute approximate surface area is 123 Å². The van der Waals surface area contributed by atoms with E-state index < -0.39 is 21.9 Å². The van der Waals surface area contributed by atoms with Gasteiger partial charge in [0.05, 0.1) is 23.0 Å². The first-order chi connectivity index (χ1) is 10.0. The maximum atomic E-state index is 12.1. The van der Waals surface area contributed by atoms with Crippen molar-refractivity contribution in [2.75, 3.05) is 12.4 Å². The van der Waals surface area contributed by atoms with Gasteiger partial charge in [-0.1, -0.05) is 23.4 Å². The van der Waals surface area contributed by atoms with Gasteiger partial charge in [0.2, 0.25) is 6.10 Å². The predicted octanol–water partition coefficient (Wildman–Crippen LogP) is 1.56. The molecule has 0 aromatic heterocycles. The van der Waals surface area contributed by atoms with Gasteiger partial charge in [0.1, 0.15) is 0 Å². The zero-order chi connectivity index (χ0) is 15.3. The average Bonchev–Trinajstić information content (AvgIpc) is 2.96. The molecule has 1 heterocycles. The van der Waals surface area contributed by atoms with Crippen molar-refractivity contribution >= 4 is 21.5 Å². The minimum atomic E-state index is -3.35. The third-order valence-electron chi connectivity index (χ3n) is 3.04. The number of carbonyl (C=O) groups excluding carboxylic acids is 1. The minimum Gasteiger partial charge on any atom is -0.463 e. The molecular formula is C14H17NO5S. The standard InChI is InChI=1S/C14H17NO5S/c1-2-19-14(16)13-10-11(15-20-13)8-9-21(17,18)12-6-4-3-5-7-12/h3-7,13H,2,8-10H2,1H3. The zero-order valence-corrected chi connectivity index (χ0v) is 12.5. The molecule has 114 valence electrons. The molecule has 2 rings (SSSR count). The molecule has 0 N–H and O–H groups in total. The summed E-state index contributed by atoms with van der Waals surface area (Å²) < 4.78 is 29.1. The van der Waals surface area contributed by atoms with Crippen LogP contribution in [0.4, 0.5) is 0 Å². The normalized spacial score (nSPS) is 18.0. The number of rotatable bonds is 6. The van der Waals surface area contributed by atoms with E-state index in [4.69, 9.17) is 9.57 Å². The maximum absolute atomic E-state index is 12.1. The van der Waals surface area contributed by atoms with Crippen LogP contribution in [0.3, 0.4) is 0 Å². The Morgan fingerprint density at radius 3 is 2.76 bits per heavy atom. The summed E-state index contributed by atoms with van der Waals surface area (Å²) in [5, 5.41) is 3.77. The minimum absolute atomic E-state index is 0.0608. The van der Waals surface area contributed by atoms with E-state index in [1.54, 1.807) is 37.3 Å². The lowest BCUT2D eigenvalue weighted by molar-refractivity contribution is -0.154. The third kappa shape index (κ3) is 4.04. The van der Waals surface area contributed by atoms with Crippen molar-refractivity contribution in [3.05, 3.63) is 30.3 Å². The van der Waals surface area contributed by atoms with Gasteiger partial charge in [0, 0.05) is 12.8 Å². The van der Waals surface area contributed by atoms with E-state index in [2.05, 4.69) is 5.16 Å². The largest absolute Gasteiger partial charge is 0.463 e. The number of benzene rings is 1. The number of hydrogen-bond acceptors (Lipinski definition) is 6. The van der Waals surface area contributed by atoms with Gasteiger partial charge in [-0.05, 0) is 19.1 Å². The van der Waals surface area contributed by atoms with Crippen LogP contribution in [-0.4, -0.2) is 38.6 Å². The molecule has 1 atom stereocenters. The zero-order valence-electron chi connectivity index (χ0n) is 11.7. The van der Waals surface area contributed by atoms with E-state index in [1.807, 2.05) is 0 Å². The molecule has 0 radical (unpaired) electrons. The van der Waals surface area contributed by atoms with Gasteiger partial charge >= 0.3 is 5.97 Å². The van der Waals surface area contributed by atoms with Gasteiger partial charge in [-0.15, -0.1) is 0 Å². The van der Waals surface area contributed by atoms with Gasteiger partial charge < -0.3 is 9.57 Å². The molecule has 0 aliphatic carbocycles. The maximum Gasteiger partial charge on any atom is 0.350 e. The summed E-state index contributed by atoms with van der Waals surface area (Å²) >= 11 is 0. The van der Waals surface area contributed by atoms with Crippen molar-refractivity contribution in [1.82, 2.24) is 0 Å². The van der Waals surface area contributed by atoms with Crippen molar-refractivity contribution in [3.8, 4) is 0 Å². The molecule has 1 aliphatic rings. The molecule has 21 heavy (non-hydrogen) atoms. The smallest absolute Gasteiger partial charge is 0.350 e. The Balaban J connectivity index is 1.89. The van der Waals surface area contributed by atoms with Gasteiger partial charge in [0.15, 0.2) is 9.84 Å². The first kappa shape index (κ1) is 15.5. The van der Waals surface area contributed by atoms with Crippen molar-refractivity contribution in [2.45, 2.75) is 30.8 Å². The first-order valence-electron chi connectivity index (χ1n) is 6.69. The third-order valence-corrected chi connectivity index (χ3v) is 4.77. The fraction of sp³-hybridized carbons (Fsp3) is 0.429. The molecule has 1 aromatic rings. The highest BCUT2D eigenvalue weighted by molar-refractivity contribution is 7.91. The molecule has 0 spiro atoms. The van der Waals surface area contributed by atoms with E-state index in [0.29, 0.717) is 5.71 Å². The second-order valence-electron chi connectivity index (χ2n) is 4.59. The molecule has 1 unspecified atom stereocenters. The summed E-state index contributed by atoms with van der Waals surface area (Å²) in [6.07, 6.45) is -0.226. The van der Waals surface area contributed by atoms with E-state index in [9.17, 15) is 13.2 Å². The van der Waals surface area contributed by atoms with Crippen molar-refractivity contribution in [3.63, 3.8) is 0 Å². The Bertz CT molecular complexity index is 624. The van der Waals surface area contributed by atoms with Gasteiger partial charge in [-0.2, -0.15) is 0 Å². The Kier molecular flexibility index (Phi) is 4.95. The summed E-state index contributed by atoms with van der Waals surface area (Å²) in [4.78, 5) is 16.7. The van der Waals surface area contributed by atoms with Crippen LogP contribution in [0, 0.1) is 0 Å². The number of nitrogens with zero attached hydrogens (tertiary/aromatic N) is 1. The van der Waals surface area contributed by atoms with Gasteiger partial charge in [-0.25, -0.2) is 13.2 Å². The van der Waals surface area contributed by atoms with Crippen LogP contribution in [0.2, 0.25) is 0 Å². The highest BCUT2D eigenvalue weighted by Gasteiger charge is 2.30. The Hall–Kier alpha value is -1.89. The van der Waals surface area contributed by atoms with E-state index >= 15 is 0 Å². The molecule has 1 aromatic carbocycles. The van der Waals surface area contributed by atoms with Crippen LogP contribution in [0.15, 0.2) is 40.4 Å². The Morgan fingerprint density at radius 1 is 1.38 bits per heavy atom. The predicted molar refractivity (Wildman–Crippen MR) is 76.7 cm³/mol. The summed E-state index contributed by atoms with van der Waals surface area (Å²) in [6.45, 7) is 1.98. The fourth-order valence-electron chi connectivity index (χ4n) is 1.93. The molecular weight excluding hydrogens is 294 g/mol. The molecule has 6 nitrogen and oxygen atoms in total. The average molecular weight is 311 g/mol. The topological polar surface area (TPSA) is 82.0 Å². The number of hydrogen-bond donors (Lipinski definition) is 0. The number of sulfone groups is 1. The second kappa shape index (κ2) is 6.71. The lowest BCUT2D eigenvalue weighted by Gasteiger charge is -2.06. The van der Waals surface area contributed by atoms with Gasteiger partial charge in [0.25, 0.3) is 0 Å². The summed E-state index contributed by atoms with van der Waals surface area (Å²) in [5.74, 6) is -0.531. The second-order valence-corrected chi connectivity index (χ2v) is 6.70. The molecule has 0 fully saturated rings. The molecule has 1 aliphatic heterocycles. The van der Waals surface area contributed by atoms with E-state index in [-0.39, 0.29) is 30.1 Å². The first-order valence-corrected chi connectivity index (χ1v) is 8.34. The number of oxime groups is 1. The highest BCUT2D eigenvalue weighted by Crippen LogP contribution is 2.17. The lowest BCUT2D eigenvalue weighted by atomic mass is 10.1. The van der Waals surface area contributed by atoms with Crippen molar-refractivity contribution in [2.24, 2.45) is 5.16 Å². The quantitative estimate of drug-likeness (QED) is 0.745. The van der Waals surface area contributed by atoms with Crippen LogP contribution < -0.4 is 0 Å². The Morgan fingerprint density at radius 2 is 2.10 bits per heavy atom. The van der Waals surface area contributed by atoms with Crippen LogP contribution in [0.25, 0.3) is 0 Å². The lowest BCUT2D eigenvalue weighted by Crippen LogP contribution is -2.23. The summed E-state index contributed by atoms with van der Waals surface area (Å²) in [7, 11) is -3.35. The van der Waals surface area contributed by atoms with Crippen LogP contribution in [0.5, 0.6) is 0 Å². The number of ether oxygens (including phenoxy) is 1. The molecule has 7 heteroatoms. The monoisotopic (exact) mass is 311 g/mol. The van der Waals surface area contributed by atoms with Gasteiger partial charge in [-0.3, -0.25) is 0 Å². The van der Waals surface area contributed by atoms with E-state index in [1.165, 1.54) is 0 Å². The molecule has 0 saturated carbocycles. The van der Waals surface area contributed by atoms with Crippen LogP contribution in [0.1, 0.15) is 19.8 Å². The fourth-order valence-corrected chi connectivity index (χ4v) is 3.25. The molecule has 0 bridgehead atoms. The van der Waals surface area contributed by atoms with Crippen molar-refractivity contribution < 1.29 is 22.8 Å². The highest BCUT2D eigenvalue weighted by atomic mass is 32.2. The SMILES string of the molecule is CCOC(=O)C1CC(CCS(=O)(=O)c2ccccc2)=NO1. The molecule has 0 amide bonds. The molecule has 0 saturated heterocycles. The van der Waals surface area contributed by atoms with E-state index in [0.717, 1.165) is 0 Å². The van der Waals surface area contributed by atoms with Crippen LogP contribution in [-0.2, 0) is 24.2 Å². The number of carbonyl (C=O) groups is 1. The summed E-state index contributed by atoms with van der Waals surface area (Å²) in [5.41, 5.74) is 0.563. The van der Waals surface area contributed by atoms with Crippen LogP contribution >= 0.6 is 0 Å². The van der Waals surface area contributed by atoms with Crippen molar-refractivity contribution in [1.29, 1.82) is 0 Å². The number of esters is 1. The summed E-state index contributed by atoms with van der Waals surface area (Å²) in [6, 6.07) is 8.24.